The first kappa shape index (κ1) is 19.6. The van der Waals surface area contributed by atoms with Crippen molar-refractivity contribution < 1.29 is 22.4 Å². The zero-order chi connectivity index (χ0) is 19.6. The number of esters is 1. The summed E-state index contributed by atoms with van der Waals surface area (Å²) in [5, 5.41) is 0. The van der Waals surface area contributed by atoms with Crippen LogP contribution >= 0.6 is 0 Å². The van der Waals surface area contributed by atoms with E-state index in [0.29, 0.717) is 12.1 Å². The van der Waals surface area contributed by atoms with E-state index in [2.05, 4.69) is 0 Å². The van der Waals surface area contributed by atoms with Gasteiger partial charge in [0.25, 0.3) is 0 Å². The molecule has 2 heterocycles. The lowest BCUT2D eigenvalue weighted by Gasteiger charge is -2.34. The van der Waals surface area contributed by atoms with Gasteiger partial charge in [0.05, 0.1) is 17.0 Å². The Morgan fingerprint density at radius 2 is 2.07 bits per heavy atom. The van der Waals surface area contributed by atoms with Gasteiger partial charge in [-0.15, -0.1) is 0 Å². The van der Waals surface area contributed by atoms with E-state index in [9.17, 15) is 18.0 Å². The van der Waals surface area contributed by atoms with Crippen molar-refractivity contribution in [2.24, 2.45) is 0 Å². The maximum atomic E-state index is 13.1. The second-order valence-corrected chi connectivity index (χ2v) is 8.45. The summed E-state index contributed by atoms with van der Waals surface area (Å²) in [6, 6.07) is 4.29. The van der Waals surface area contributed by atoms with Crippen LogP contribution in [0.2, 0.25) is 0 Å². The van der Waals surface area contributed by atoms with Crippen LogP contribution in [0.4, 0.5) is 0 Å². The van der Waals surface area contributed by atoms with Crippen molar-refractivity contribution >= 4 is 27.1 Å². The molecule has 2 aromatic rings. The predicted molar refractivity (Wildman–Crippen MR) is 98.9 cm³/mol. The van der Waals surface area contributed by atoms with Crippen LogP contribution in [0.1, 0.15) is 39.5 Å². The second-order valence-electron chi connectivity index (χ2n) is 6.56. The van der Waals surface area contributed by atoms with Gasteiger partial charge in [-0.2, -0.15) is 4.31 Å². The van der Waals surface area contributed by atoms with Gasteiger partial charge in [-0.25, -0.2) is 13.2 Å². The van der Waals surface area contributed by atoms with Crippen LogP contribution in [0.3, 0.4) is 0 Å². The number of aromatic nitrogens is 1. The normalized spacial score (nSPS) is 18.7. The van der Waals surface area contributed by atoms with Crippen LogP contribution in [0.5, 0.6) is 0 Å². The first-order valence-corrected chi connectivity index (χ1v) is 10.6. The largest absolute Gasteiger partial charge is 0.465 e. The average molecular weight is 396 g/mol. The van der Waals surface area contributed by atoms with Gasteiger partial charge in [0.2, 0.25) is 10.0 Å². The van der Waals surface area contributed by atoms with Gasteiger partial charge in [-0.1, -0.05) is 13.3 Å². The summed E-state index contributed by atoms with van der Waals surface area (Å²) in [7, 11) is -3.68. The quantitative estimate of drug-likeness (QED) is 0.694. The molecule has 1 unspecified atom stereocenters. The van der Waals surface area contributed by atoms with Crippen LogP contribution in [-0.4, -0.2) is 42.5 Å². The number of hydrogen-bond acceptors (Lipinski definition) is 6. The highest BCUT2D eigenvalue weighted by atomic mass is 32.2. The third-order valence-electron chi connectivity index (χ3n) is 4.88. The molecule has 1 atom stereocenters. The lowest BCUT2D eigenvalue weighted by Crippen LogP contribution is -2.43. The van der Waals surface area contributed by atoms with Gasteiger partial charge in [-0.05, 0) is 38.3 Å². The summed E-state index contributed by atoms with van der Waals surface area (Å²) >= 11 is 0. The Kier molecular flexibility index (Phi) is 5.71. The molecule has 0 bridgehead atoms. The van der Waals surface area contributed by atoms with Crippen molar-refractivity contribution in [3.63, 3.8) is 0 Å². The fraction of sp³-hybridized carbons (Fsp3) is 0.556. The standard InChI is InChI=1S/C18H24N2O6S/c1-3-13-7-5-6-10-20(13)27(23,24)14-8-9-15-16(11-14)26-18(22)19(15)12-17(21)25-4-2/h8-9,11,13H,3-7,10,12H2,1-2H3. The molecule has 0 radical (unpaired) electrons. The highest BCUT2D eigenvalue weighted by Gasteiger charge is 2.33. The summed E-state index contributed by atoms with van der Waals surface area (Å²) in [5.74, 6) is -1.28. The lowest BCUT2D eigenvalue weighted by atomic mass is 10.0. The number of hydrogen-bond donors (Lipinski definition) is 0. The van der Waals surface area contributed by atoms with E-state index in [1.165, 1.54) is 18.2 Å². The number of fused-ring (bicyclic) bond motifs is 1. The molecular weight excluding hydrogens is 372 g/mol. The third kappa shape index (κ3) is 3.79. The first-order valence-electron chi connectivity index (χ1n) is 9.19. The fourth-order valence-corrected chi connectivity index (χ4v) is 5.31. The minimum atomic E-state index is -3.68. The van der Waals surface area contributed by atoms with E-state index < -0.39 is 21.7 Å². The van der Waals surface area contributed by atoms with Crippen LogP contribution in [0.15, 0.2) is 32.3 Å². The molecule has 1 fully saturated rings. The number of benzene rings is 1. The maximum Gasteiger partial charge on any atom is 0.420 e. The lowest BCUT2D eigenvalue weighted by molar-refractivity contribution is -0.143. The molecule has 1 aliphatic rings. The fourth-order valence-electron chi connectivity index (χ4n) is 3.53. The Labute approximate surface area is 157 Å². The van der Waals surface area contributed by atoms with E-state index in [-0.39, 0.29) is 29.7 Å². The number of piperidine rings is 1. The van der Waals surface area contributed by atoms with Crippen LogP contribution in [0.25, 0.3) is 11.1 Å². The molecule has 9 heteroatoms. The zero-order valence-electron chi connectivity index (χ0n) is 15.5. The minimum Gasteiger partial charge on any atom is -0.465 e. The smallest absolute Gasteiger partial charge is 0.420 e. The van der Waals surface area contributed by atoms with E-state index in [0.717, 1.165) is 30.3 Å². The van der Waals surface area contributed by atoms with Crippen LogP contribution in [-0.2, 0) is 26.1 Å². The van der Waals surface area contributed by atoms with Gasteiger partial charge >= 0.3 is 11.7 Å². The highest BCUT2D eigenvalue weighted by molar-refractivity contribution is 7.89. The molecule has 1 aliphatic heterocycles. The highest BCUT2D eigenvalue weighted by Crippen LogP contribution is 2.28. The number of sulfonamides is 1. The molecule has 0 aliphatic carbocycles. The number of nitrogens with zero attached hydrogens (tertiary/aromatic N) is 2. The number of ether oxygens (including phenoxy) is 1. The molecule has 3 rings (SSSR count). The van der Waals surface area contributed by atoms with Crippen molar-refractivity contribution in [1.82, 2.24) is 8.87 Å². The molecule has 1 aromatic carbocycles. The van der Waals surface area contributed by atoms with Crippen LogP contribution in [0, 0.1) is 0 Å². The molecule has 1 saturated heterocycles. The van der Waals surface area contributed by atoms with Crippen molar-refractivity contribution in [3.05, 3.63) is 28.7 Å². The van der Waals surface area contributed by atoms with Crippen molar-refractivity contribution in [2.45, 2.75) is 57.0 Å². The zero-order valence-corrected chi connectivity index (χ0v) is 16.3. The van der Waals surface area contributed by atoms with Crippen LogP contribution < -0.4 is 5.76 Å². The average Bonchev–Trinajstić information content (AvgIpc) is 2.96. The third-order valence-corrected chi connectivity index (χ3v) is 6.83. The van der Waals surface area contributed by atoms with E-state index in [1.54, 1.807) is 11.2 Å². The Hall–Kier alpha value is -2.13. The predicted octanol–water partition coefficient (Wildman–Crippen LogP) is 2.11. The van der Waals surface area contributed by atoms with Gasteiger partial charge in [0.1, 0.15) is 6.54 Å². The number of carbonyl (C=O) groups excluding carboxylic acids is 1. The number of carbonyl (C=O) groups is 1. The minimum absolute atomic E-state index is 0.0140. The first-order chi connectivity index (χ1) is 12.9. The van der Waals surface area contributed by atoms with Gasteiger partial charge in [0.15, 0.2) is 5.58 Å². The van der Waals surface area contributed by atoms with Crippen molar-refractivity contribution in [3.8, 4) is 0 Å². The molecule has 1 aromatic heterocycles. The van der Waals surface area contributed by atoms with Gasteiger partial charge in [-0.3, -0.25) is 9.36 Å². The molecular formula is C18H24N2O6S. The topological polar surface area (TPSA) is 98.8 Å². The summed E-state index contributed by atoms with van der Waals surface area (Å²) in [6.45, 7) is 4.08. The van der Waals surface area contributed by atoms with E-state index >= 15 is 0 Å². The molecule has 148 valence electrons. The summed E-state index contributed by atoms with van der Waals surface area (Å²) in [6.07, 6.45) is 3.47. The van der Waals surface area contributed by atoms with Gasteiger partial charge in [0, 0.05) is 18.7 Å². The molecule has 8 nitrogen and oxygen atoms in total. The Morgan fingerprint density at radius 3 is 2.78 bits per heavy atom. The monoisotopic (exact) mass is 396 g/mol. The second kappa shape index (κ2) is 7.85. The molecule has 0 amide bonds. The number of rotatable bonds is 6. The summed E-state index contributed by atoms with van der Waals surface area (Å²) in [5.41, 5.74) is 0.494. The number of oxazole rings is 1. The summed E-state index contributed by atoms with van der Waals surface area (Å²) in [4.78, 5) is 23.8. The van der Waals surface area contributed by atoms with Crippen molar-refractivity contribution in [1.29, 1.82) is 0 Å². The Balaban J connectivity index is 1.97. The maximum absolute atomic E-state index is 13.1. The van der Waals surface area contributed by atoms with Crippen molar-refractivity contribution in [2.75, 3.05) is 13.2 Å². The molecule has 27 heavy (non-hydrogen) atoms. The Bertz CT molecular complexity index is 991. The summed E-state index contributed by atoms with van der Waals surface area (Å²) < 4.78 is 38.9. The molecule has 0 saturated carbocycles. The SMILES string of the molecule is CCOC(=O)Cn1c(=O)oc2cc(S(=O)(=O)N3CCCCC3CC)ccc21. The Morgan fingerprint density at radius 1 is 1.30 bits per heavy atom. The molecule has 0 N–H and O–H groups in total. The van der Waals surface area contributed by atoms with Gasteiger partial charge < -0.3 is 9.15 Å². The molecule has 0 spiro atoms. The van der Waals surface area contributed by atoms with E-state index in [4.69, 9.17) is 9.15 Å². The van der Waals surface area contributed by atoms with E-state index in [1.807, 2.05) is 6.92 Å².